The van der Waals surface area contributed by atoms with Crippen molar-refractivity contribution < 1.29 is 19.3 Å². The fourth-order valence-corrected chi connectivity index (χ4v) is 1.81. The molecule has 0 fully saturated rings. The summed E-state index contributed by atoms with van der Waals surface area (Å²) in [7, 11) is 4.59. The molecule has 0 saturated heterocycles. The molecule has 0 saturated carbocycles. The van der Waals surface area contributed by atoms with E-state index in [1.807, 2.05) is 24.3 Å². The zero-order valence-electron chi connectivity index (χ0n) is 12.2. The largest absolute Gasteiger partial charge is 0.502 e. The Morgan fingerprint density at radius 2 is 1.48 bits per heavy atom. The highest BCUT2D eigenvalue weighted by Gasteiger charge is 2.10. The second-order valence-corrected chi connectivity index (χ2v) is 4.23. The third kappa shape index (κ3) is 3.45. The molecule has 0 amide bonds. The molecule has 0 aliphatic carbocycles. The Morgan fingerprint density at radius 3 is 1.95 bits per heavy atom. The summed E-state index contributed by atoms with van der Waals surface area (Å²) in [6, 6.07) is 10.7. The van der Waals surface area contributed by atoms with Crippen molar-refractivity contribution in [2.75, 3.05) is 21.3 Å². The SMILES string of the molecule is COc1ccc(/N=C/c2cc(OC)c(O)c(OC)c2)cc1. The first-order valence-electron chi connectivity index (χ1n) is 6.31. The Balaban J connectivity index is 2.27. The van der Waals surface area contributed by atoms with Crippen molar-refractivity contribution in [1.29, 1.82) is 0 Å². The van der Waals surface area contributed by atoms with E-state index in [0.29, 0.717) is 11.5 Å². The van der Waals surface area contributed by atoms with E-state index in [9.17, 15) is 5.11 Å². The molecule has 5 heteroatoms. The van der Waals surface area contributed by atoms with Crippen molar-refractivity contribution in [3.8, 4) is 23.0 Å². The molecular formula is C16H17NO4. The highest BCUT2D eigenvalue weighted by Crippen LogP contribution is 2.36. The summed E-state index contributed by atoms with van der Waals surface area (Å²) in [5.41, 5.74) is 1.55. The number of phenolic OH excluding ortho intramolecular Hbond substituents is 1. The zero-order valence-corrected chi connectivity index (χ0v) is 12.2. The van der Waals surface area contributed by atoms with Crippen LogP contribution in [0.15, 0.2) is 41.4 Å². The lowest BCUT2D eigenvalue weighted by molar-refractivity contribution is 0.340. The maximum absolute atomic E-state index is 9.85. The molecule has 0 aliphatic rings. The summed E-state index contributed by atoms with van der Waals surface area (Å²) in [6.07, 6.45) is 1.67. The van der Waals surface area contributed by atoms with Crippen LogP contribution in [-0.2, 0) is 0 Å². The number of phenols is 1. The van der Waals surface area contributed by atoms with Crippen LogP contribution in [0.1, 0.15) is 5.56 Å². The van der Waals surface area contributed by atoms with Crippen molar-refractivity contribution in [2.24, 2.45) is 4.99 Å². The number of ether oxygens (including phenoxy) is 3. The van der Waals surface area contributed by atoms with E-state index in [1.165, 1.54) is 14.2 Å². The van der Waals surface area contributed by atoms with E-state index in [4.69, 9.17) is 14.2 Å². The van der Waals surface area contributed by atoms with Crippen LogP contribution < -0.4 is 14.2 Å². The normalized spacial score (nSPS) is 10.6. The Hall–Kier alpha value is -2.69. The van der Waals surface area contributed by atoms with Gasteiger partial charge in [0.1, 0.15) is 5.75 Å². The molecule has 0 radical (unpaired) electrons. The monoisotopic (exact) mass is 287 g/mol. The van der Waals surface area contributed by atoms with Crippen LogP contribution in [0.4, 0.5) is 5.69 Å². The van der Waals surface area contributed by atoms with E-state index in [0.717, 1.165) is 17.0 Å². The fraction of sp³-hybridized carbons (Fsp3) is 0.188. The van der Waals surface area contributed by atoms with Crippen LogP contribution in [0.25, 0.3) is 0 Å². The first kappa shape index (κ1) is 14.7. The first-order valence-corrected chi connectivity index (χ1v) is 6.31. The van der Waals surface area contributed by atoms with Gasteiger partial charge >= 0.3 is 0 Å². The standard InChI is InChI=1S/C16H17NO4/c1-19-13-6-4-12(5-7-13)17-10-11-8-14(20-2)16(18)15(9-11)21-3/h4-10,18H,1-3H3/b17-10+. The number of methoxy groups -OCH3 is 3. The van der Waals surface area contributed by atoms with Crippen LogP contribution in [-0.4, -0.2) is 32.7 Å². The lowest BCUT2D eigenvalue weighted by atomic mass is 10.2. The average molecular weight is 287 g/mol. The van der Waals surface area contributed by atoms with Gasteiger partial charge in [0, 0.05) is 11.8 Å². The number of nitrogens with zero attached hydrogens (tertiary/aromatic N) is 1. The number of aliphatic imine (C=N–C) groups is 1. The number of hydrogen-bond acceptors (Lipinski definition) is 5. The molecule has 2 rings (SSSR count). The molecule has 0 aliphatic heterocycles. The lowest BCUT2D eigenvalue weighted by Crippen LogP contribution is -1.92. The smallest absolute Gasteiger partial charge is 0.200 e. The Morgan fingerprint density at radius 1 is 0.905 bits per heavy atom. The molecule has 0 atom stereocenters. The Kier molecular flexibility index (Phi) is 4.66. The predicted molar refractivity (Wildman–Crippen MR) is 81.5 cm³/mol. The van der Waals surface area contributed by atoms with E-state index in [2.05, 4.69) is 4.99 Å². The second-order valence-electron chi connectivity index (χ2n) is 4.23. The van der Waals surface area contributed by atoms with Gasteiger partial charge in [-0.05, 0) is 36.4 Å². The molecule has 0 heterocycles. The maximum atomic E-state index is 9.85. The lowest BCUT2D eigenvalue weighted by Gasteiger charge is -2.09. The van der Waals surface area contributed by atoms with Crippen LogP contribution in [0.2, 0.25) is 0 Å². The predicted octanol–water partition coefficient (Wildman–Crippen LogP) is 3.17. The number of aromatic hydroxyl groups is 1. The van der Waals surface area contributed by atoms with Gasteiger partial charge in [0.25, 0.3) is 0 Å². The minimum absolute atomic E-state index is 0.0263. The average Bonchev–Trinajstić information content (AvgIpc) is 2.54. The van der Waals surface area contributed by atoms with Gasteiger partial charge in [0.05, 0.1) is 27.0 Å². The summed E-state index contributed by atoms with van der Waals surface area (Å²) in [4.78, 5) is 4.36. The van der Waals surface area contributed by atoms with Crippen molar-refractivity contribution >= 4 is 11.9 Å². The minimum atomic E-state index is -0.0263. The number of rotatable bonds is 5. The van der Waals surface area contributed by atoms with E-state index < -0.39 is 0 Å². The highest BCUT2D eigenvalue weighted by atomic mass is 16.5. The Bertz CT molecular complexity index is 610. The molecule has 110 valence electrons. The second kappa shape index (κ2) is 6.65. The van der Waals surface area contributed by atoms with Crippen molar-refractivity contribution in [1.82, 2.24) is 0 Å². The van der Waals surface area contributed by atoms with Gasteiger partial charge in [-0.1, -0.05) is 0 Å². The summed E-state index contributed by atoms with van der Waals surface area (Å²) in [5.74, 6) is 1.43. The summed E-state index contributed by atoms with van der Waals surface area (Å²) < 4.78 is 15.3. The molecule has 2 aromatic rings. The van der Waals surface area contributed by atoms with Gasteiger partial charge < -0.3 is 19.3 Å². The third-order valence-corrected chi connectivity index (χ3v) is 2.94. The van der Waals surface area contributed by atoms with Crippen molar-refractivity contribution in [3.05, 3.63) is 42.0 Å². The van der Waals surface area contributed by atoms with Crippen molar-refractivity contribution in [3.63, 3.8) is 0 Å². The van der Waals surface area contributed by atoms with E-state index in [1.54, 1.807) is 25.5 Å². The zero-order chi connectivity index (χ0) is 15.2. The number of benzene rings is 2. The molecule has 0 spiro atoms. The Labute approximate surface area is 123 Å². The molecule has 5 nitrogen and oxygen atoms in total. The molecule has 0 aromatic heterocycles. The third-order valence-electron chi connectivity index (χ3n) is 2.94. The molecule has 0 bridgehead atoms. The van der Waals surface area contributed by atoms with E-state index in [-0.39, 0.29) is 5.75 Å². The van der Waals surface area contributed by atoms with Gasteiger partial charge in [0.2, 0.25) is 5.75 Å². The van der Waals surface area contributed by atoms with E-state index >= 15 is 0 Å². The topological polar surface area (TPSA) is 60.3 Å². The first-order chi connectivity index (χ1) is 10.2. The maximum Gasteiger partial charge on any atom is 0.200 e. The molecule has 0 unspecified atom stereocenters. The summed E-state index contributed by atoms with van der Waals surface area (Å²) in [6.45, 7) is 0. The van der Waals surface area contributed by atoms with Gasteiger partial charge in [0.15, 0.2) is 11.5 Å². The van der Waals surface area contributed by atoms with Gasteiger partial charge in [-0.2, -0.15) is 0 Å². The van der Waals surface area contributed by atoms with Crippen LogP contribution in [0, 0.1) is 0 Å². The van der Waals surface area contributed by atoms with Crippen LogP contribution in [0.5, 0.6) is 23.0 Å². The minimum Gasteiger partial charge on any atom is -0.502 e. The van der Waals surface area contributed by atoms with Gasteiger partial charge in [-0.3, -0.25) is 4.99 Å². The van der Waals surface area contributed by atoms with Gasteiger partial charge in [-0.15, -0.1) is 0 Å². The molecule has 1 N–H and O–H groups in total. The summed E-state index contributed by atoms with van der Waals surface area (Å²) >= 11 is 0. The molecular weight excluding hydrogens is 270 g/mol. The number of hydrogen-bond donors (Lipinski definition) is 1. The molecule has 2 aromatic carbocycles. The fourth-order valence-electron chi connectivity index (χ4n) is 1.81. The van der Waals surface area contributed by atoms with Crippen LogP contribution in [0.3, 0.4) is 0 Å². The van der Waals surface area contributed by atoms with Crippen molar-refractivity contribution in [2.45, 2.75) is 0 Å². The quantitative estimate of drug-likeness (QED) is 0.858. The highest BCUT2D eigenvalue weighted by molar-refractivity contribution is 5.84. The summed E-state index contributed by atoms with van der Waals surface area (Å²) in [5, 5.41) is 9.85. The van der Waals surface area contributed by atoms with Gasteiger partial charge in [-0.25, -0.2) is 0 Å². The molecule has 21 heavy (non-hydrogen) atoms. The van der Waals surface area contributed by atoms with Crippen LogP contribution >= 0.6 is 0 Å².